The molecule has 0 aliphatic heterocycles. The lowest BCUT2D eigenvalue weighted by molar-refractivity contribution is 0.480. The van der Waals surface area contributed by atoms with E-state index in [1.54, 1.807) is 30.5 Å². The summed E-state index contributed by atoms with van der Waals surface area (Å²) in [6, 6.07) is 15.1. The molecule has 110 valence electrons. The van der Waals surface area contributed by atoms with Gasteiger partial charge in [-0.25, -0.2) is 4.39 Å². The van der Waals surface area contributed by atoms with Crippen LogP contribution in [0.3, 0.4) is 0 Å². The Hall–Kier alpha value is -2.66. The summed E-state index contributed by atoms with van der Waals surface area (Å²) in [6.07, 6.45) is 1.67. The normalized spacial score (nSPS) is 9.73. The van der Waals surface area contributed by atoms with Crippen LogP contribution in [0.15, 0.2) is 67.4 Å². The van der Waals surface area contributed by atoms with E-state index in [9.17, 15) is 9.50 Å². The van der Waals surface area contributed by atoms with Crippen molar-refractivity contribution < 1.29 is 14.5 Å². The summed E-state index contributed by atoms with van der Waals surface area (Å²) in [5.74, 6) is -0.0693. The fraction of sp³-hybridized carbons (Fsp3) is 0. The lowest BCUT2D eigenvalue weighted by atomic mass is 9.84. The van der Waals surface area contributed by atoms with E-state index in [1.165, 1.54) is 12.1 Å². The molecule has 0 saturated heterocycles. The Morgan fingerprint density at radius 2 is 1.82 bits per heavy atom. The summed E-state index contributed by atoms with van der Waals surface area (Å²) >= 11 is 0. The molecule has 0 fully saturated rings. The third kappa shape index (κ3) is 3.93. The SMILES string of the molecule is C=C(BO)c1cccc(F)c1.Oc1cccc2cccnc12. The number of benzene rings is 2. The summed E-state index contributed by atoms with van der Waals surface area (Å²) in [5, 5.41) is 18.9. The van der Waals surface area contributed by atoms with E-state index in [1.807, 2.05) is 18.2 Å². The van der Waals surface area contributed by atoms with Crippen LogP contribution in [-0.4, -0.2) is 22.6 Å². The van der Waals surface area contributed by atoms with Gasteiger partial charge in [0.1, 0.15) is 17.1 Å². The van der Waals surface area contributed by atoms with Crippen molar-refractivity contribution in [2.45, 2.75) is 0 Å². The molecule has 1 heterocycles. The second kappa shape index (κ2) is 7.38. The number of aromatic nitrogens is 1. The Balaban J connectivity index is 0.000000160. The zero-order valence-corrected chi connectivity index (χ0v) is 11.9. The minimum Gasteiger partial charge on any atom is -0.506 e. The third-order valence-electron chi connectivity index (χ3n) is 3.04. The molecule has 22 heavy (non-hydrogen) atoms. The topological polar surface area (TPSA) is 53.4 Å². The van der Waals surface area contributed by atoms with E-state index in [2.05, 4.69) is 11.6 Å². The predicted octanol–water partition coefficient (Wildman–Crippen LogP) is 3.08. The monoisotopic (exact) mass is 295 g/mol. The van der Waals surface area contributed by atoms with Gasteiger partial charge in [-0.2, -0.15) is 0 Å². The molecule has 0 aliphatic rings. The first-order valence-electron chi connectivity index (χ1n) is 6.69. The van der Waals surface area contributed by atoms with Crippen molar-refractivity contribution in [3.05, 3.63) is 78.8 Å². The maximum atomic E-state index is 12.5. The highest BCUT2D eigenvalue weighted by molar-refractivity contribution is 6.53. The van der Waals surface area contributed by atoms with Crippen molar-refractivity contribution in [3.63, 3.8) is 0 Å². The van der Waals surface area contributed by atoms with Crippen molar-refractivity contribution >= 4 is 23.9 Å². The minimum atomic E-state index is -0.308. The second-order valence-corrected chi connectivity index (χ2v) is 4.62. The minimum absolute atomic E-state index is 0.135. The van der Waals surface area contributed by atoms with Crippen LogP contribution in [0.2, 0.25) is 0 Å². The van der Waals surface area contributed by atoms with Crippen molar-refractivity contribution in [1.29, 1.82) is 0 Å². The molecule has 0 bridgehead atoms. The number of fused-ring (bicyclic) bond motifs is 1. The largest absolute Gasteiger partial charge is 0.506 e. The average Bonchev–Trinajstić information content (AvgIpc) is 2.55. The number of aromatic hydroxyl groups is 1. The summed E-state index contributed by atoms with van der Waals surface area (Å²) < 4.78 is 12.5. The van der Waals surface area contributed by atoms with Crippen LogP contribution < -0.4 is 0 Å². The first-order valence-corrected chi connectivity index (χ1v) is 6.69. The van der Waals surface area contributed by atoms with Crippen LogP contribution in [0, 0.1) is 5.82 Å². The van der Waals surface area contributed by atoms with Crippen molar-refractivity contribution in [2.24, 2.45) is 0 Å². The lowest BCUT2D eigenvalue weighted by Gasteiger charge is -1.99. The number of hydrogen-bond acceptors (Lipinski definition) is 3. The first kappa shape index (κ1) is 15.7. The Bertz CT molecular complexity index is 787. The molecule has 1 aromatic heterocycles. The molecule has 0 aliphatic carbocycles. The van der Waals surface area contributed by atoms with Gasteiger partial charge in [0.2, 0.25) is 0 Å². The Morgan fingerprint density at radius 1 is 1.09 bits per heavy atom. The summed E-state index contributed by atoms with van der Waals surface area (Å²) in [6.45, 7) is 3.57. The van der Waals surface area contributed by atoms with Gasteiger partial charge in [0.15, 0.2) is 0 Å². The molecule has 3 aromatic rings. The molecule has 3 rings (SSSR count). The van der Waals surface area contributed by atoms with Gasteiger partial charge in [-0.1, -0.05) is 35.8 Å². The maximum Gasteiger partial charge on any atom is 0.304 e. The summed E-state index contributed by atoms with van der Waals surface area (Å²) in [7, 11) is -0.135. The predicted molar refractivity (Wildman–Crippen MR) is 88.2 cm³/mol. The fourth-order valence-electron chi connectivity index (χ4n) is 1.89. The molecule has 0 amide bonds. The van der Waals surface area contributed by atoms with Crippen LogP contribution >= 0.6 is 0 Å². The van der Waals surface area contributed by atoms with E-state index in [4.69, 9.17) is 5.02 Å². The second-order valence-electron chi connectivity index (χ2n) is 4.62. The zero-order valence-electron chi connectivity index (χ0n) is 11.9. The van der Waals surface area contributed by atoms with Crippen LogP contribution in [0.5, 0.6) is 5.75 Å². The quantitative estimate of drug-likeness (QED) is 0.714. The van der Waals surface area contributed by atoms with Gasteiger partial charge in [-0.15, -0.1) is 6.58 Å². The number of rotatable bonds is 2. The standard InChI is InChI=1S/C9H7NO.C8H8BFO/c11-8-5-1-3-7-4-2-6-10-9(7)8;1-6(9-11)7-3-2-4-8(10)5-7/h1-6,11H;2-5,9,11H,1H2. The lowest BCUT2D eigenvalue weighted by Crippen LogP contribution is -1.92. The van der Waals surface area contributed by atoms with E-state index < -0.39 is 0 Å². The van der Waals surface area contributed by atoms with Gasteiger partial charge in [-0.3, -0.25) is 4.98 Å². The number of halogens is 1. The maximum absolute atomic E-state index is 12.5. The van der Waals surface area contributed by atoms with Crippen molar-refractivity contribution in [1.82, 2.24) is 4.98 Å². The number of phenols is 1. The van der Waals surface area contributed by atoms with E-state index >= 15 is 0 Å². The highest BCUT2D eigenvalue weighted by atomic mass is 19.1. The Morgan fingerprint density at radius 3 is 2.50 bits per heavy atom. The zero-order chi connectivity index (χ0) is 15.9. The smallest absolute Gasteiger partial charge is 0.304 e. The first-order chi connectivity index (χ1) is 10.6. The molecule has 0 atom stereocenters. The summed E-state index contributed by atoms with van der Waals surface area (Å²) in [5.41, 5.74) is 1.84. The van der Waals surface area contributed by atoms with E-state index in [0.717, 1.165) is 5.39 Å². The Kier molecular flexibility index (Phi) is 5.28. The van der Waals surface area contributed by atoms with Crippen LogP contribution in [0.4, 0.5) is 4.39 Å². The van der Waals surface area contributed by atoms with Gasteiger partial charge >= 0.3 is 7.48 Å². The van der Waals surface area contributed by atoms with Crippen LogP contribution in [0.25, 0.3) is 16.4 Å². The van der Waals surface area contributed by atoms with Gasteiger partial charge in [0.25, 0.3) is 0 Å². The van der Waals surface area contributed by atoms with Gasteiger partial charge in [0, 0.05) is 11.6 Å². The average molecular weight is 295 g/mol. The van der Waals surface area contributed by atoms with E-state index in [-0.39, 0.29) is 19.0 Å². The molecule has 0 unspecified atom stereocenters. The highest BCUT2D eigenvalue weighted by Crippen LogP contribution is 2.20. The van der Waals surface area contributed by atoms with E-state index in [0.29, 0.717) is 16.6 Å². The van der Waals surface area contributed by atoms with Gasteiger partial charge in [-0.05, 0) is 29.8 Å². The molecule has 0 saturated carbocycles. The summed E-state index contributed by atoms with van der Waals surface area (Å²) in [4.78, 5) is 4.03. The molecule has 0 radical (unpaired) electrons. The number of nitrogens with zero attached hydrogens (tertiary/aromatic N) is 1. The fourth-order valence-corrected chi connectivity index (χ4v) is 1.89. The van der Waals surface area contributed by atoms with Crippen LogP contribution in [0.1, 0.15) is 5.56 Å². The molecular weight excluding hydrogens is 280 g/mol. The van der Waals surface area contributed by atoms with Crippen molar-refractivity contribution in [2.75, 3.05) is 0 Å². The number of para-hydroxylation sites is 1. The molecule has 3 nitrogen and oxygen atoms in total. The third-order valence-corrected chi connectivity index (χ3v) is 3.04. The Labute approximate surface area is 128 Å². The number of hydrogen-bond donors (Lipinski definition) is 2. The van der Waals surface area contributed by atoms with Crippen LogP contribution in [-0.2, 0) is 0 Å². The van der Waals surface area contributed by atoms with Gasteiger partial charge < -0.3 is 10.1 Å². The molecular formula is C17H15BFNO2. The van der Waals surface area contributed by atoms with Gasteiger partial charge in [0.05, 0.1) is 0 Å². The highest BCUT2D eigenvalue weighted by Gasteiger charge is 1.99. The molecule has 5 heteroatoms. The van der Waals surface area contributed by atoms with Crippen molar-refractivity contribution in [3.8, 4) is 5.75 Å². The number of pyridine rings is 1. The molecule has 0 spiro atoms. The number of phenolic OH excluding ortho intramolecular Hbond substituents is 1. The molecule has 2 N–H and O–H groups in total. The molecule has 2 aromatic carbocycles.